The summed E-state index contributed by atoms with van der Waals surface area (Å²) >= 11 is 0. The number of esters is 2. The molecule has 0 spiro atoms. The van der Waals surface area contributed by atoms with Gasteiger partial charge in [0, 0.05) is 20.3 Å². The van der Waals surface area contributed by atoms with E-state index in [4.69, 9.17) is 9.47 Å². The molecule has 6 nitrogen and oxygen atoms in total. The van der Waals surface area contributed by atoms with Crippen LogP contribution in [-0.4, -0.2) is 41.6 Å². The number of aliphatic hydroxyl groups excluding tert-OH is 1. The molecule has 1 N–H and O–H groups in total. The van der Waals surface area contributed by atoms with Crippen molar-refractivity contribution >= 4 is 17.7 Å². The van der Waals surface area contributed by atoms with Gasteiger partial charge in [-0.15, -0.1) is 0 Å². The van der Waals surface area contributed by atoms with Crippen LogP contribution >= 0.6 is 0 Å². The first kappa shape index (κ1) is 27.6. The largest absolute Gasteiger partial charge is 0.461 e. The molecule has 0 aromatic rings. The van der Waals surface area contributed by atoms with Gasteiger partial charge in [-0.2, -0.15) is 0 Å². The van der Waals surface area contributed by atoms with Crippen molar-refractivity contribution in [2.24, 2.45) is 0 Å². The summed E-state index contributed by atoms with van der Waals surface area (Å²) in [5, 5.41) is 9.62. The zero-order chi connectivity index (χ0) is 22.0. The van der Waals surface area contributed by atoms with E-state index in [0.29, 0.717) is 6.42 Å². The quantitative estimate of drug-likeness (QED) is 0.239. The predicted molar refractivity (Wildman–Crippen MR) is 114 cm³/mol. The molecule has 1 unspecified atom stereocenters. The van der Waals surface area contributed by atoms with Crippen LogP contribution in [0.25, 0.3) is 0 Å². The lowest BCUT2D eigenvalue weighted by atomic mass is 9.94. The summed E-state index contributed by atoms with van der Waals surface area (Å²) in [6.45, 7) is 3.46. The molecule has 0 fully saturated rings. The minimum absolute atomic E-state index is 0.187. The van der Waals surface area contributed by atoms with E-state index in [-0.39, 0.29) is 6.42 Å². The second-order valence-electron chi connectivity index (χ2n) is 7.94. The summed E-state index contributed by atoms with van der Waals surface area (Å²) in [5.74, 6) is -1.69. The van der Waals surface area contributed by atoms with E-state index in [2.05, 4.69) is 6.92 Å². The molecule has 170 valence electrons. The van der Waals surface area contributed by atoms with E-state index in [1.54, 1.807) is 0 Å². The first-order chi connectivity index (χ1) is 13.9. The van der Waals surface area contributed by atoms with Gasteiger partial charge in [0.1, 0.15) is 6.61 Å². The zero-order valence-corrected chi connectivity index (χ0v) is 18.8. The summed E-state index contributed by atoms with van der Waals surface area (Å²) < 4.78 is 9.89. The van der Waals surface area contributed by atoms with Gasteiger partial charge >= 0.3 is 11.9 Å². The third-order valence-electron chi connectivity index (χ3n) is 5.12. The smallest absolute Gasteiger partial charge is 0.303 e. The van der Waals surface area contributed by atoms with Gasteiger partial charge in [0.25, 0.3) is 0 Å². The average Bonchev–Trinajstić information content (AvgIpc) is 2.68. The Morgan fingerprint density at radius 3 is 1.55 bits per heavy atom. The molecular formula is C23H42O6. The molecule has 0 aromatic carbocycles. The maximum absolute atomic E-state index is 12.5. The van der Waals surface area contributed by atoms with Crippen LogP contribution in [0.4, 0.5) is 0 Å². The van der Waals surface area contributed by atoms with E-state index in [1.807, 2.05) is 0 Å². The van der Waals surface area contributed by atoms with Crippen molar-refractivity contribution in [1.82, 2.24) is 0 Å². The van der Waals surface area contributed by atoms with Crippen LogP contribution in [0.2, 0.25) is 0 Å². The minimum Gasteiger partial charge on any atom is -0.461 e. The maximum Gasteiger partial charge on any atom is 0.303 e. The SMILES string of the molecule is CCCCCCCCCCCCCCCC(=O)C(CO)(COC(C)=O)OC(C)=O. The summed E-state index contributed by atoms with van der Waals surface area (Å²) in [6, 6.07) is 0. The average molecular weight is 415 g/mol. The molecule has 29 heavy (non-hydrogen) atoms. The van der Waals surface area contributed by atoms with Crippen LogP contribution in [0.15, 0.2) is 0 Å². The third kappa shape index (κ3) is 14.2. The van der Waals surface area contributed by atoms with Crippen molar-refractivity contribution in [3.8, 4) is 0 Å². The van der Waals surface area contributed by atoms with Gasteiger partial charge in [0.15, 0.2) is 5.78 Å². The third-order valence-corrected chi connectivity index (χ3v) is 5.12. The maximum atomic E-state index is 12.5. The second kappa shape index (κ2) is 17.4. The Morgan fingerprint density at radius 2 is 1.17 bits per heavy atom. The first-order valence-corrected chi connectivity index (χ1v) is 11.3. The molecular weight excluding hydrogens is 372 g/mol. The van der Waals surface area contributed by atoms with Crippen molar-refractivity contribution in [1.29, 1.82) is 0 Å². The molecule has 0 aliphatic heterocycles. The lowest BCUT2D eigenvalue weighted by molar-refractivity contribution is -0.181. The number of hydrogen-bond acceptors (Lipinski definition) is 6. The molecule has 1 atom stereocenters. The Balaban J connectivity index is 3.95. The number of aliphatic hydroxyl groups is 1. The summed E-state index contributed by atoms with van der Waals surface area (Å²) in [5.41, 5.74) is -1.78. The number of carbonyl (C=O) groups excluding carboxylic acids is 3. The highest BCUT2D eigenvalue weighted by Crippen LogP contribution is 2.19. The fourth-order valence-corrected chi connectivity index (χ4v) is 3.36. The summed E-state index contributed by atoms with van der Waals surface area (Å²) in [6.07, 6.45) is 15.9. The molecule has 0 aliphatic rings. The number of hydrogen-bond donors (Lipinski definition) is 1. The molecule has 0 saturated carbocycles. The molecule has 0 saturated heterocycles. The lowest BCUT2D eigenvalue weighted by Gasteiger charge is -2.29. The molecule has 0 heterocycles. The van der Waals surface area contributed by atoms with E-state index >= 15 is 0 Å². The fourth-order valence-electron chi connectivity index (χ4n) is 3.36. The molecule has 0 rings (SSSR count). The van der Waals surface area contributed by atoms with Gasteiger partial charge in [0.05, 0.1) is 6.61 Å². The number of Topliss-reactive ketones (excluding diaryl/α,β-unsaturated/α-hetero) is 1. The summed E-state index contributed by atoms with van der Waals surface area (Å²) in [4.78, 5) is 34.9. The Bertz CT molecular complexity index is 462. The number of ether oxygens (including phenoxy) is 2. The van der Waals surface area contributed by atoms with E-state index < -0.39 is 36.5 Å². The molecule has 0 bridgehead atoms. The Kier molecular flexibility index (Phi) is 16.6. The van der Waals surface area contributed by atoms with Gasteiger partial charge in [-0.3, -0.25) is 14.4 Å². The molecule has 0 amide bonds. The molecule has 0 aliphatic carbocycles. The lowest BCUT2D eigenvalue weighted by Crippen LogP contribution is -2.50. The number of ketones is 1. The van der Waals surface area contributed by atoms with Crippen molar-refractivity contribution in [3.05, 3.63) is 0 Å². The van der Waals surface area contributed by atoms with Gasteiger partial charge < -0.3 is 14.6 Å². The highest BCUT2D eigenvalue weighted by Gasteiger charge is 2.42. The van der Waals surface area contributed by atoms with Crippen molar-refractivity contribution < 1.29 is 29.0 Å². The highest BCUT2D eigenvalue weighted by molar-refractivity contribution is 5.90. The van der Waals surface area contributed by atoms with Crippen LogP contribution in [0, 0.1) is 0 Å². The van der Waals surface area contributed by atoms with Crippen molar-refractivity contribution in [3.63, 3.8) is 0 Å². The van der Waals surface area contributed by atoms with Crippen LogP contribution in [0.1, 0.15) is 111 Å². The van der Waals surface area contributed by atoms with Gasteiger partial charge in [-0.05, 0) is 6.42 Å². The summed E-state index contributed by atoms with van der Waals surface area (Å²) in [7, 11) is 0. The predicted octanol–water partition coefficient (Wildman–Crippen LogP) is 4.89. The number of unbranched alkanes of at least 4 members (excludes halogenated alkanes) is 12. The van der Waals surface area contributed by atoms with Crippen LogP contribution in [0.5, 0.6) is 0 Å². The van der Waals surface area contributed by atoms with E-state index in [1.165, 1.54) is 64.7 Å². The van der Waals surface area contributed by atoms with Crippen molar-refractivity contribution in [2.75, 3.05) is 13.2 Å². The first-order valence-electron chi connectivity index (χ1n) is 11.3. The standard InChI is InChI=1S/C23H42O6/c1-4-5-6-7-8-9-10-11-12-13-14-15-16-17-22(27)23(18-24,29-21(3)26)19-28-20(2)25/h24H,4-19H2,1-3H3. The second-order valence-corrected chi connectivity index (χ2v) is 7.94. The highest BCUT2D eigenvalue weighted by atomic mass is 16.6. The Hall–Kier alpha value is -1.43. The van der Waals surface area contributed by atoms with Crippen LogP contribution < -0.4 is 0 Å². The topological polar surface area (TPSA) is 89.9 Å². The normalized spacial score (nSPS) is 13.0. The van der Waals surface area contributed by atoms with Crippen LogP contribution in [-0.2, 0) is 23.9 Å². The van der Waals surface area contributed by atoms with E-state index in [9.17, 15) is 19.5 Å². The Labute approximate surface area is 176 Å². The van der Waals surface area contributed by atoms with Gasteiger partial charge in [-0.25, -0.2) is 0 Å². The number of carbonyl (C=O) groups is 3. The number of rotatable bonds is 19. The van der Waals surface area contributed by atoms with Gasteiger partial charge in [0.2, 0.25) is 5.60 Å². The van der Waals surface area contributed by atoms with Crippen molar-refractivity contribution in [2.45, 2.75) is 116 Å². The monoisotopic (exact) mass is 414 g/mol. The molecule has 0 radical (unpaired) electrons. The van der Waals surface area contributed by atoms with E-state index in [0.717, 1.165) is 26.2 Å². The minimum atomic E-state index is -1.78. The fraction of sp³-hybridized carbons (Fsp3) is 0.870. The van der Waals surface area contributed by atoms with Crippen LogP contribution in [0.3, 0.4) is 0 Å². The Morgan fingerprint density at radius 1 is 0.724 bits per heavy atom. The molecule has 6 heteroatoms. The zero-order valence-electron chi connectivity index (χ0n) is 18.8. The van der Waals surface area contributed by atoms with Gasteiger partial charge in [-0.1, -0.05) is 84.0 Å². The molecule has 0 aromatic heterocycles.